The lowest BCUT2D eigenvalue weighted by molar-refractivity contribution is -0.122. The second kappa shape index (κ2) is 7.86. The smallest absolute Gasteiger partial charge is 0.266 e. The molecular weight excluding hydrogens is 336 g/mol. The molecule has 1 aliphatic rings. The van der Waals surface area contributed by atoms with Crippen molar-refractivity contribution in [3.05, 3.63) is 82.8 Å². The number of rotatable bonds is 4. The average molecular weight is 350 g/mol. The van der Waals surface area contributed by atoms with E-state index in [9.17, 15) is 4.79 Å². The first-order chi connectivity index (χ1) is 11.7. The number of allylic oxidation sites excluding steroid dienone is 1. The lowest BCUT2D eigenvalue weighted by atomic mass is 10.2. The van der Waals surface area contributed by atoms with Crippen molar-refractivity contribution in [3.63, 3.8) is 0 Å². The predicted octanol–water partition coefficient (Wildman–Crippen LogP) is 4.59. The molecule has 0 radical (unpaired) electrons. The minimum atomic E-state index is -0.196. The second-order valence-electron chi connectivity index (χ2n) is 4.94. The molecule has 2 aromatic rings. The average Bonchev–Trinajstić information content (AvgIpc) is 2.87. The fourth-order valence-corrected chi connectivity index (χ4v) is 3.26. The zero-order chi connectivity index (χ0) is 16.8. The number of amides is 1. The van der Waals surface area contributed by atoms with Crippen molar-refractivity contribution in [3.8, 4) is 0 Å². The summed E-state index contributed by atoms with van der Waals surface area (Å²) in [5.41, 5.74) is 2.03. The molecule has 1 aliphatic heterocycles. The van der Waals surface area contributed by atoms with Crippen molar-refractivity contribution >= 4 is 52.6 Å². The topological polar surface area (TPSA) is 32.7 Å². The van der Waals surface area contributed by atoms with Gasteiger partial charge in [0.1, 0.15) is 0 Å². The first kappa shape index (κ1) is 16.4. The largest absolute Gasteiger partial charge is 0.286 e. The molecule has 0 atom stereocenters. The van der Waals surface area contributed by atoms with Gasteiger partial charge in [-0.2, -0.15) is 10.1 Å². The summed E-state index contributed by atoms with van der Waals surface area (Å²) in [4.78, 5) is 13.0. The summed E-state index contributed by atoms with van der Waals surface area (Å²) in [7, 11) is 0. The van der Waals surface area contributed by atoms with Gasteiger partial charge in [0.25, 0.3) is 5.91 Å². The SMILES string of the molecule is O=C1/C(=C\c2ccccc2)SC(=S)N1/N=C/C=C\c1ccccc1. The Morgan fingerprint density at radius 3 is 2.25 bits per heavy atom. The van der Waals surface area contributed by atoms with Crippen LogP contribution in [0.4, 0.5) is 0 Å². The Morgan fingerprint density at radius 1 is 0.958 bits per heavy atom. The van der Waals surface area contributed by atoms with Crippen molar-refractivity contribution in [1.29, 1.82) is 0 Å². The van der Waals surface area contributed by atoms with Crippen molar-refractivity contribution in [1.82, 2.24) is 5.01 Å². The van der Waals surface area contributed by atoms with Crippen LogP contribution in [-0.2, 0) is 4.79 Å². The zero-order valence-electron chi connectivity index (χ0n) is 12.7. The molecule has 1 amide bonds. The van der Waals surface area contributed by atoms with Gasteiger partial charge in [0.05, 0.1) is 4.91 Å². The molecule has 1 saturated heterocycles. The van der Waals surface area contributed by atoms with E-state index in [0.29, 0.717) is 9.23 Å². The van der Waals surface area contributed by atoms with E-state index < -0.39 is 0 Å². The van der Waals surface area contributed by atoms with Crippen molar-refractivity contribution < 1.29 is 4.79 Å². The number of thioether (sulfide) groups is 1. The van der Waals surface area contributed by atoms with E-state index in [4.69, 9.17) is 12.2 Å². The highest BCUT2D eigenvalue weighted by Gasteiger charge is 2.31. The van der Waals surface area contributed by atoms with Crippen LogP contribution in [0, 0.1) is 0 Å². The van der Waals surface area contributed by atoms with E-state index in [1.807, 2.05) is 72.8 Å². The molecule has 3 rings (SSSR count). The van der Waals surface area contributed by atoms with Gasteiger partial charge in [-0.05, 0) is 35.5 Å². The molecule has 0 N–H and O–H groups in total. The number of thiocarbonyl (C=S) groups is 1. The zero-order valence-corrected chi connectivity index (χ0v) is 14.3. The van der Waals surface area contributed by atoms with Gasteiger partial charge in [-0.3, -0.25) is 4.79 Å². The molecular formula is C19H14N2OS2. The molecule has 1 fully saturated rings. The van der Waals surface area contributed by atoms with Crippen molar-refractivity contribution in [2.24, 2.45) is 5.10 Å². The van der Waals surface area contributed by atoms with Crippen LogP contribution in [0.25, 0.3) is 12.2 Å². The summed E-state index contributed by atoms with van der Waals surface area (Å²) in [6.45, 7) is 0. The van der Waals surface area contributed by atoms with Gasteiger partial charge in [-0.25, -0.2) is 0 Å². The van der Waals surface area contributed by atoms with E-state index in [2.05, 4.69) is 5.10 Å². The molecule has 24 heavy (non-hydrogen) atoms. The van der Waals surface area contributed by atoms with E-state index in [1.165, 1.54) is 16.8 Å². The van der Waals surface area contributed by atoms with Crippen molar-refractivity contribution in [2.45, 2.75) is 0 Å². The molecule has 1 heterocycles. The molecule has 0 aromatic heterocycles. The van der Waals surface area contributed by atoms with Crippen LogP contribution in [0.2, 0.25) is 0 Å². The maximum Gasteiger partial charge on any atom is 0.286 e. The molecule has 118 valence electrons. The number of carbonyl (C=O) groups excluding carboxylic acids is 1. The number of hydrogen-bond donors (Lipinski definition) is 0. The Morgan fingerprint density at radius 2 is 1.58 bits per heavy atom. The highest BCUT2D eigenvalue weighted by molar-refractivity contribution is 8.26. The van der Waals surface area contributed by atoms with E-state index in [-0.39, 0.29) is 5.91 Å². The molecule has 0 spiro atoms. The number of hydrogen-bond acceptors (Lipinski definition) is 4. The Labute approximate surface area is 150 Å². The van der Waals surface area contributed by atoms with Gasteiger partial charge in [0, 0.05) is 6.21 Å². The first-order valence-corrected chi connectivity index (χ1v) is 8.55. The number of carbonyl (C=O) groups is 1. The lowest BCUT2D eigenvalue weighted by Gasteiger charge is -2.04. The Balaban J connectivity index is 1.69. The lowest BCUT2D eigenvalue weighted by Crippen LogP contribution is -2.21. The fourth-order valence-electron chi connectivity index (χ4n) is 2.08. The van der Waals surface area contributed by atoms with Gasteiger partial charge >= 0.3 is 0 Å². The Kier molecular flexibility index (Phi) is 5.36. The van der Waals surface area contributed by atoms with Crippen LogP contribution < -0.4 is 0 Å². The van der Waals surface area contributed by atoms with Crippen LogP contribution in [0.5, 0.6) is 0 Å². The summed E-state index contributed by atoms with van der Waals surface area (Å²) >= 11 is 6.51. The normalized spacial score (nSPS) is 16.8. The van der Waals surface area contributed by atoms with E-state index in [1.54, 1.807) is 12.3 Å². The van der Waals surface area contributed by atoms with Crippen LogP contribution in [-0.4, -0.2) is 21.5 Å². The third kappa shape index (κ3) is 4.07. The summed E-state index contributed by atoms with van der Waals surface area (Å²) in [5.74, 6) is -0.196. The summed E-state index contributed by atoms with van der Waals surface area (Å²) in [6, 6.07) is 19.6. The van der Waals surface area contributed by atoms with E-state index in [0.717, 1.165) is 11.1 Å². The van der Waals surface area contributed by atoms with Gasteiger partial charge in [0.15, 0.2) is 4.32 Å². The molecule has 3 nitrogen and oxygen atoms in total. The van der Waals surface area contributed by atoms with Crippen LogP contribution >= 0.6 is 24.0 Å². The molecule has 5 heteroatoms. The monoisotopic (exact) mass is 350 g/mol. The third-order valence-corrected chi connectivity index (χ3v) is 4.51. The maximum atomic E-state index is 12.4. The highest BCUT2D eigenvalue weighted by Crippen LogP contribution is 2.32. The standard InChI is InChI=1S/C19H14N2OS2/c22-18-17(14-16-10-5-2-6-11-16)24-19(23)21(18)20-13-7-12-15-8-3-1-4-9-15/h1-14H/b12-7-,17-14+,20-13+. The van der Waals surface area contributed by atoms with Crippen LogP contribution in [0.1, 0.15) is 11.1 Å². The van der Waals surface area contributed by atoms with Gasteiger partial charge < -0.3 is 0 Å². The molecule has 0 saturated carbocycles. The fraction of sp³-hybridized carbons (Fsp3) is 0. The summed E-state index contributed by atoms with van der Waals surface area (Å²) in [6.07, 6.45) is 7.10. The molecule has 0 unspecified atom stereocenters. The second-order valence-corrected chi connectivity index (χ2v) is 6.61. The molecule has 0 bridgehead atoms. The maximum absolute atomic E-state index is 12.4. The minimum Gasteiger partial charge on any atom is -0.266 e. The quantitative estimate of drug-likeness (QED) is 0.459. The van der Waals surface area contributed by atoms with Crippen molar-refractivity contribution in [2.75, 3.05) is 0 Å². The summed E-state index contributed by atoms with van der Waals surface area (Å²) < 4.78 is 0.437. The number of benzene rings is 2. The van der Waals surface area contributed by atoms with Crippen LogP contribution in [0.3, 0.4) is 0 Å². The van der Waals surface area contributed by atoms with E-state index >= 15 is 0 Å². The summed E-state index contributed by atoms with van der Waals surface area (Å²) in [5, 5.41) is 5.42. The third-order valence-electron chi connectivity index (χ3n) is 3.23. The van der Waals surface area contributed by atoms with Crippen LogP contribution in [0.15, 0.2) is 76.7 Å². The molecule has 2 aromatic carbocycles. The predicted molar refractivity (Wildman–Crippen MR) is 105 cm³/mol. The molecule has 0 aliphatic carbocycles. The van der Waals surface area contributed by atoms with Gasteiger partial charge in [-0.15, -0.1) is 0 Å². The Bertz CT molecular complexity index is 827. The minimum absolute atomic E-state index is 0.196. The highest BCUT2D eigenvalue weighted by atomic mass is 32.2. The van der Waals surface area contributed by atoms with Gasteiger partial charge in [-0.1, -0.05) is 78.5 Å². The number of nitrogens with zero attached hydrogens (tertiary/aromatic N) is 2. The van der Waals surface area contributed by atoms with Gasteiger partial charge in [0.2, 0.25) is 0 Å². The first-order valence-electron chi connectivity index (χ1n) is 7.33. The Hall–Kier alpha value is -2.50. The number of hydrazone groups is 1.